The fourth-order valence-electron chi connectivity index (χ4n) is 2.99. The van der Waals surface area contributed by atoms with E-state index in [0.29, 0.717) is 12.2 Å². The van der Waals surface area contributed by atoms with Crippen LogP contribution >= 0.6 is 0 Å². The summed E-state index contributed by atoms with van der Waals surface area (Å²) in [6.07, 6.45) is 4.38. The third-order valence-electron chi connectivity index (χ3n) is 5.54. The van der Waals surface area contributed by atoms with Crippen molar-refractivity contribution in [2.75, 3.05) is 5.75 Å². The summed E-state index contributed by atoms with van der Waals surface area (Å²) in [5, 5.41) is 0. The minimum atomic E-state index is -1.14. The number of unbranched alkanes of at least 4 members (excludes halogenated alkanes) is 1. The van der Waals surface area contributed by atoms with E-state index in [1.165, 1.54) is 4.57 Å². The van der Waals surface area contributed by atoms with Crippen molar-refractivity contribution < 1.29 is 13.9 Å². The van der Waals surface area contributed by atoms with Crippen molar-refractivity contribution in [1.82, 2.24) is 9.29 Å². The van der Waals surface area contributed by atoms with Crippen LogP contribution in [0.4, 0.5) is 0 Å². The minimum absolute atomic E-state index is 0.107. The van der Waals surface area contributed by atoms with Gasteiger partial charge in [-0.2, -0.15) is 0 Å². The average molecular weight is 396 g/mol. The summed E-state index contributed by atoms with van der Waals surface area (Å²) in [5.41, 5.74) is 0.558. The number of aromatic nitrogens is 1. The molecule has 1 fully saturated rings. The zero-order chi connectivity index (χ0) is 20.4. The lowest BCUT2D eigenvalue weighted by atomic mass is 9.75. The fourth-order valence-corrected chi connectivity index (χ4v) is 4.27. The standard InChI is InChI=1S/C19H33BN2O4S/c1-8-10-11-27(24)21-16(9-2)14-12-17(23)22(7)13-15(14)20-25-18(3,4)19(5,6)26-20/h12-13,16,21H,8-11H2,1-7H3/t16-,27-/m0/s1. The van der Waals surface area contributed by atoms with E-state index in [1.807, 2.05) is 34.6 Å². The molecule has 1 saturated heterocycles. The van der Waals surface area contributed by atoms with Crippen molar-refractivity contribution in [2.24, 2.45) is 7.05 Å². The van der Waals surface area contributed by atoms with Gasteiger partial charge in [-0.1, -0.05) is 20.3 Å². The molecule has 0 aliphatic carbocycles. The molecule has 27 heavy (non-hydrogen) atoms. The Morgan fingerprint density at radius 1 is 1.26 bits per heavy atom. The molecular formula is C19H33BN2O4S. The van der Waals surface area contributed by atoms with E-state index in [9.17, 15) is 9.35 Å². The molecule has 0 spiro atoms. The Kier molecular flexibility index (Phi) is 7.25. The Labute approximate surface area is 166 Å². The molecule has 6 nitrogen and oxygen atoms in total. The smallest absolute Gasteiger partial charge is 0.496 e. The largest absolute Gasteiger partial charge is 0.598 e. The van der Waals surface area contributed by atoms with Crippen LogP contribution in [0.2, 0.25) is 0 Å². The van der Waals surface area contributed by atoms with Gasteiger partial charge in [0.1, 0.15) is 5.75 Å². The quantitative estimate of drug-likeness (QED) is 0.539. The zero-order valence-corrected chi connectivity index (χ0v) is 18.4. The molecule has 8 heteroatoms. The van der Waals surface area contributed by atoms with Crippen LogP contribution in [0.3, 0.4) is 0 Å². The van der Waals surface area contributed by atoms with Crippen LogP contribution in [0.15, 0.2) is 17.1 Å². The Hall–Kier alpha value is -0.795. The number of aryl methyl sites for hydroxylation is 1. The van der Waals surface area contributed by atoms with Gasteiger partial charge in [-0.3, -0.25) is 4.79 Å². The van der Waals surface area contributed by atoms with Crippen LogP contribution in [-0.2, 0) is 27.7 Å². The van der Waals surface area contributed by atoms with Gasteiger partial charge in [-0.05, 0) is 46.1 Å². The molecule has 0 bridgehead atoms. The van der Waals surface area contributed by atoms with Crippen LogP contribution < -0.4 is 15.7 Å². The van der Waals surface area contributed by atoms with Crippen LogP contribution in [0.1, 0.15) is 72.4 Å². The Balaban J connectivity index is 2.38. The van der Waals surface area contributed by atoms with Crippen molar-refractivity contribution in [3.05, 3.63) is 28.2 Å². The predicted molar refractivity (Wildman–Crippen MR) is 111 cm³/mol. The molecule has 0 radical (unpaired) electrons. The van der Waals surface area contributed by atoms with Gasteiger partial charge in [0.15, 0.2) is 0 Å². The van der Waals surface area contributed by atoms with E-state index in [0.717, 1.165) is 23.9 Å². The summed E-state index contributed by atoms with van der Waals surface area (Å²) in [7, 11) is 1.14. The first-order valence-corrected chi connectivity index (χ1v) is 11.0. The second-order valence-electron chi connectivity index (χ2n) is 8.20. The van der Waals surface area contributed by atoms with Crippen LogP contribution in [-0.4, -0.2) is 33.2 Å². The first-order chi connectivity index (χ1) is 12.5. The molecule has 0 amide bonds. The second kappa shape index (κ2) is 8.70. The monoisotopic (exact) mass is 396 g/mol. The zero-order valence-electron chi connectivity index (χ0n) is 17.6. The van der Waals surface area contributed by atoms with Gasteiger partial charge in [-0.15, -0.1) is 4.72 Å². The van der Waals surface area contributed by atoms with Crippen molar-refractivity contribution in [3.63, 3.8) is 0 Å². The predicted octanol–water partition coefficient (Wildman–Crippen LogP) is 2.19. The lowest BCUT2D eigenvalue weighted by Crippen LogP contribution is -2.43. The van der Waals surface area contributed by atoms with Gasteiger partial charge in [0, 0.05) is 36.1 Å². The molecule has 0 saturated carbocycles. The minimum Gasteiger partial charge on any atom is -0.598 e. The van der Waals surface area contributed by atoms with E-state index in [1.54, 1.807) is 19.3 Å². The van der Waals surface area contributed by atoms with Gasteiger partial charge in [0.05, 0.1) is 17.2 Å². The van der Waals surface area contributed by atoms with E-state index in [2.05, 4.69) is 11.6 Å². The molecule has 1 N–H and O–H groups in total. The summed E-state index contributed by atoms with van der Waals surface area (Å²) in [4.78, 5) is 12.3. The highest BCUT2D eigenvalue weighted by atomic mass is 32.2. The van der Waals surface area contributed by atoms with Crippen molar-refractivity contribution in [1.29, 1.82) is 0 Å². The van der Waals surface area contributed by atoms with E-state index >= 15 is 0 Å². The third kappa shape index (κ3) is 4.98. The van der Waals surface area contributed by atoms with Gasteiger partial charge in [0.2, 0.25) is 0 Å². The van der Waals surface area contributed by atoms with Gasteiger partial charge in [-0.25, -0.2) is 0 Å². The highest BCUT2D eigenvalue weighted by Gasteiger charge is 2.52. The van der Waals surface area contributed by atoms with Crippen molar-refractivity contribution in [3.8, 4) is 0 Å². The number of pyridine rings is 1. The summed E-state index contributed by atoms with van der Waals surface area (Å²) < 4.78 is 29.5. The summed E-state index contributed by atoms with van der Waals surface area (Å²) >= 11 is -1.14. The lowest BCUT2D eigenvalue weighted by molar-refractivity contribution is 0.00578. The summed E-state index contributed by atoms with van der Waals surface area (Å²) in [6, 6.07) is 1.41. The van der Waals surface area contributed by atoms with Gasteiger partial charge >= 0.3 is 7.12 Å². The van der Waals surface area contributed by atoms with Crippen molar-refractivity contribution >= 4 is 23.9 Å². The normalized spacial score (nSPS) is 20.7. The number of hydrogen-bond donors (Lipinski definition) is 1. The van der Waals surface area contributed by atoms with Gasteiger partial charge in [0.25, 0.3) is 5.56 Å². The van der Waals surface area contributed by atoms with E-state index in [4.69, 9.17) is 9.31 Å². The molecule has 1 aromatic rings. The molecular weight excluding hydrogens is 363 g/mol. The fraction of sp³-hybridized carbons (Fsp3) is 0.737. The highest BCUT2D eigenvalue weighted by Crippen LogP contribution is 2.37. The maximum absolute atomic E-state index is 12.4. The van der Waals surface area contributed by atoms with Crippen LogP contribution in [0, 0.1) is 0 Å². The number of rotatable bonds is 8. The molecule has 0 unspecified atom stereocenters. The van der Waals surface area contributed by atoms with Crippen LogP contribution in [0.5, 0.6) is 0 Å². The number of nitrogens with one attached hydrogen (secondary N) is 1. The number of hydrogen-bond acceptors (Lipinski definition) is 5. The number of nitrogens with zero attached hydrogens (tertiary/aromatic N) is 1. The Bertz CT molecular complexity index is 691. The Morgan fingerprint density at radius 2 is 1.85 bits per heavy atom. The molecule has 2 rings (SSSR count). The van der Waals surface area contributed by atoms with E-state index < -0.39 is 29.7 Å². The molecule has 0 aromatic carbocycles. The third-order valence-corrected chi connectivity index (χ3v) is 6.75. The first kappa shape index (κ1) is 22.5. The maximum atomic E-state index is 12.4. The molecule has 1 aliphatic heterocycles. The SMILES string of the molecule is CCCC[S@+]([O-])N[C@@H](CC)c1cc(=O)n(C)cc1B1OC(C)(C)C(C)(C)O1. The lowest BCUT2D eigenvalue weighted by Gasteiger charge is -2.32. The Morgan fingerprint density at radius 3 is 2.37 bits per heavy atom. The van der Waals surface area contributed by atoms with E-state index in [-0.39, 0.29) is 11.6 Å². The molecule has 2 atom stereocenters. The highest BCUT2D eigenvalue weighted by molar-refractivity contribution is 7.89. The topological polar surface area (TPSA) is 75.5 Å². The summed E-state index contributed by atoms with van der Waals surface area (Å²) in [6.45, 7) is 12.1. The molecule has 2 heterocycles. The first-order valence-electron chi connectivity index (χ1n) is 9.73. The maximum Gasteiger partial charge on any atom is 0.496 e. The van der Waals surface area contributed by atoms with Gasteiger partial charge < -0.3 is 18.4 Å². The van der Waals surface area contributed by atoms with Crippen LogP contribution in [0.25, 0.3) is 0 Å². The van der Waals surface area contributed by atoms with Crippen molar-refractivity contribution in [2.45, 2.75) is 78.0 Å². The second-order valence-corrected chi connectivity index (χ2v) is 9.54. The molecule has 1 aliphatic rings. The molecule has 152 valence electrons. The summed E-state index contributed by atoms with van der Waals surface area (Å²) in [5.74, 6) is 0.601. The molecule has 1 aromatic heterocycles. The average Bonchev–Trinajstić information content (AvgIpc) is 2.80.